The maximum atomic E-state index is 7.25. The van der Waals surface area contributed by atoms with Crippen LogP contribution in [0.1, 0.15) is 154 Å². The lowest BCUT2D eigenvalue weighted by Gasteiger charge is -2.27. The molecule has 0 fully saturated rings. The van der Waals surface area contributed by atoms with Gasteiger partial charge in [-0.25, -0.2) is 0 Å². The fourth-order valence-electron chi connectivity index (χ4n) is 7.16. The molecule has 2 nitrogen and oxygen atoms in total. The third kappa shape index (κ3) is 10.4. The van der Waals surface area contributed by atoms with Crippen LogP contribution in [0.25, 0.3) is 22.3 Å². The molecule has 0 saturated carbocycles. The first-order valence-electron chi connectivity index (χ1n) is 18.9. The SMILES string of the molecule is CCCCCCCCC(CCC)Oc1cc2c(c(-c3ccccc3)c1OC(CCC)CCCCCCCC)Cc1ccccc1-2. The van der Waals surface area contributed by atoms with Gasteiger partial charge in [-0.05, 0) is 78.8 Å². The van der Waals surface area contributed by atoms with Gasteiger partial charge in [0.1, 0.15) is 0 Å². The number of ether oxygens (including phenoxy) is 2. The summed E-state index contributed by atoms with van der Waals surface area (Å²) < 4.78 is 14.4. The minimum atomic E-state index is 0.205. The second-order valence-corrected chi connectivity index (χ2v) is 13.5. The van der Waals surface area contributed by atoms with Gasteiger partial charge in [-0.3, -0.25) is 0 Å². The Kier molecular flexibility index (Phi) is 15.4. The largest absolute Gasteiger partial charge is 0.486 e. The molecule has 1 aliphatic rings. The molecule has 45 heavy (non-hydrogen) atoms. The Morgan fingerprint density at radius 1 is 0.533 bits per heavy atom. The van der Waals surface area contributed by atoms with Crippen molar-refractivity contribution in [3.05, 3.63) is 71.8 Å². The van der Waals surface area contributed by atoms with Crippen LogP contribution in [-0.4, -0.2) is 12.2 Å². The van der Waals surface area contributed by atoms with Crippen LogP contribution in [-0.2, 0) is 6.42 Å². The molecule has 0 saturated heterocycles. The first-order valence-corrected chi connectivity index (χ1v) is 18.9. The summed E-state index contributed by atoms with van der Waals surface area (Å²) in [4.78, 5) is 0. The Hall–Kier alpha value is -2.74. The van der Waals surface area contributed by atoms with Crippen molar-refractivity contribution in [2.24, 2.45) is 0 Å². The molecule has 0 radical (unpaired) electrons. The van der Waals surface area contributed by atoms with E-state index in [0.29, 0.717) is 0 Å². The van der Waals surface area contributed by atoms with E-state index in [-0.39, 0.29) is 12.2 Å². The Morgan fingerprint density at radius 3 is 1.71 bits per heavy atom. The summed E-state index contributed by atoms with van der Waals surface area (Å²) in [6.45, 7) is 9.18. The van der Waals surface area contributed by atoms with Gasteiger partial charge in [-0.15, -0.1) is 0 Å². The van der Waals surface area contributed by atoms with Gasteiger partial charge in [0.15, 0.2) is 11.5 Å². The van der Waals surface area contributed by atoms with E-state index in [1.165, 1.54) is 110 Å². The molecule has 3 aromatic carbocycles. The molecule has 2 unspecified atom stereocenters. The van der Waals surface area contributed by atoms with Crippen LogP contribution < -0.4 is 9.47 Å². The molecule has 0 N–H and O–H groups in total. The highest BCUT2D eigenvalue weighted by Gasteiger charge is 2.30. The molecule has 246 valence electrons. The van der Waals surface area contributed by atoms with Crippen molar-refractivity contribution in [1.29, 1.82) is 0 Å². The molecule has 1 aliphatic carbocycles. The van der Waals surface area contributed by atoms with Crippen LogP contribution in [0.3, 0.4) is 0 Å². The van der Waals surface area contributed by atoms with Gasteiger partial charge in [-0.2, -0.15) is 0 Å². The van der Waals surface area contributed by atoms with Crippen LogP contribution in [0.2, 0.25) is 0 Å². The van der Waals surface area contributed by atoms with Crippen LogP contribution in [0.15, 0.2) is 60.7 Å². The monoisotopic (exact) mass is 610 g/mol. The predicted molar refractivity (Wildman–Crippen MR) is 195 cm³/mol. The molecule has 2 atom stereocenters. The lowest BCUT2D eigenvalue weighted by atomic mass is 9.93. The summed E-state index contributed by atoms with van der Waals surface area (Å²) in [5.74, 6) is 1.94. The number of fused-ring (bicyclic) bond motifs is 3. The second-order valence-electron chi connectivity index (χ2n) is 13.5. The highest BCUT2D eigenvalue weighted by Crippen LogP contribution is 2.51. The number of rotatable bonds is 23. The maximum Gasteiger partial charge on any atom is 0.169 e. The minimum Gasteiger partial charge on any atom is -0.486 e. The van der Waals surface area contributed by atoms with Gasteiger partial charge < -0.3 is 9.47 Å². The Morgan fingerprint density at radius 2 is 1.09 bits per heavy atom. The van der Waals surface area contributed by atoms with Crippen molar-refractivity contribution >= 4 is 0 Å². The van der Waals surface area contributed by atoms with Crippen molar-refractivity contribution in [2.45, 2.75) is 162 Å². The van der Waals surface area contributed by atoms with Gasteiger partial charge in [0, 0.05) is 5.56 Å². The summed E-state index contributed by atoms with van der Waals surface area (Å²) in [7, 11) is 0. The molecule has 0 aromatic heterocycles. The minimum absolute atomic E-state index is 0.205. The van der Waals surface area contributed by atoms with Gasteiger partial charge in [0.25, 0.3) is 0 Å². The molecule has 4 rings (SSSR count). The summed E-state index contributed by atoms with van der Waals surface area (Å²) in [5.41, 5.74) is 7.95. The quantitative estimate of drug-likeness (QED) is 0.0778. The number of unbranched alkanes of at least 4 members (excludes halogenated alkanes) is 10. The summed E-state index contributed by atoms with van der Waals surface area (Å²) in [5, 5.41) is 0. The molecule has 2 heteroatoms. The zero-order valence-electron chi connectivity index (χ0n) is 29.2. The normalized spacial score (nSPS) is 13.3. The third-order valence-corrected chi connectivity index (χ3v) is 9.65. The first kappa shape index (κ1) is 35.1. The zero-order valence-corrected chi connectivity index (χ0v) is 29.2. The van der Waals surface area contributed by atoms with Crippen molar-refractivity contribution in [1.82, 2.24) is 0 Å². The summed E-state index contributed by atoms with van der Waals surface area (Å²) in [6, 6.07) is 22.3. The van der Waals surface area contributed by atoms with Crippen LogP contribution >= 0.6 is 0 Å². The van der Waals surface area contributed by atoms with Gasteiger partial charge in [-0.1, -0.05) is 159 Å². The maximum absolute atomic E-state index is 7.25. The van der Waals surface area contributed by atoms with Crippen molar-refractivity contribution in [3.63, 3.8) is 0 Å². The van der Waals surface area contributed by atoms with Crippen LogP contribution in [0.5, 0.6) is 11.5 Å². The van der Waals surface area contributed by atoms with E-state index < -0.39 is 0 Å². The van der Waals surface area contributed by atoms with Gasteiger partial charge in [0.2, 0.25) is 0 Å². The molecular weight excluding hydrogens is 548 g/mol. The zero-order chi connectivity index (χ0) is 31.7. The third-order valence-electron chi connectivity index (χ3n) is 9.65. The Bertz CT molecular complexity index is 1250. The molecule has 0 heterocycles. The van der Waals surface area contributed by atoms with E-state index in [0.717, 1.165) is 56.4 Å². The van der Waals surface area contributed by atoms with E-state index in [1.54, 1.807) is 0 Å². The van der Waals surface area contributed by atoms with Crippen LogP contribution in [0, 0.1) is 0 Å². The number of benzene rings is 3. The average Bonchev–Trinajstić information content (AvgIpc) is 3.43. The Labute approximate surface area is 276 Å². The molecule has 3 aromatic rings. The average molecular weight is 611 g/mol. The highest BCUT2D eigenvalue weighted by atomic mass is 16.5. The lowest BCUT2D eigenvalue weighted by molar-refractivity contribution is 0.141. The number of hydrogen-bond donors (Lipinski definition) is 0. The molecular formula is C43H62O2. The lowest BCUT2D eigenvalue weighted by Crippen LogP contribution is -2.20. The Balaban J connectivity index is 1.70. The summed E-state index contributed by atoms with van der Waals surface area (Å²) in [6.07, 6.45) is 23.8. The molecule has 0 amide bonds. The van der Waals surface area contributed by atoms with Crippen molar-refractivity contribution in [3.8, 4) is 33.8 Å². The van der Waals surface area contributed by atoms with E-state index in [1.807, 2.05) is 0 Å². The van der Waals surface area contributed by atoms with Crippen LogP contribution in [0.4, 0.5) is 0 Å². The molecule has 0 aliphatic heterocycles. The predicted octanol–water partition coefficient (Wildman–Crippen LogP) is 13.5. The molecule has 0 spiro atoms. The fourth-order valence-corrected chi connectivity index (χ4v) is 7.16. The standard InChI is InChI=1S/C43H62O2/c1-5-9-11-13-15-20-29-36(24-7-3)44-41-33-39-38-31-23-22-28-35(38)32-40(39)42(34-26-18-17-19-27-34)43(41)45-37(25-8-4)30-21-16-14-12-10-6-2/h17-19,22-23,26-28,31,33,36-37H,5-16,20-21,24-25,29-30,32H2,1-4H3. The van der Waals surface area contributed by atoms with E-state index in [4.69, 9.17) is 9.47 Å². The second kappa shape index (κ2) is 19.7. The first-order chi connectivity index (χ1) is 22.2. The van der Waals surface area contributed by atoms with E-state index in [9.17, 15) is 0 Å². The van der Waals surface area contributed by atoms with Gasteiger partial charge in [0.05, 0.1) is 12.2 Å². The number of hydrogen-bond acceptors (Lipinski definition) is 2. The topological polar surface area (TPSA) is 18.5 Å². The van der Waals surface area contributed by atoms with Gasteiger partial charge >= 0.3 is 0 Å². The van der Waals surface area contributed by atoms with E-state index >= 15 is 0 Å². The smallest absolute Gasteiger partial charge is 0.169 e. The van der Waals surface area contributed by atoms with Crippen molar-refractivity contribution in [2.75, 3.05) is 0 Å². The van der Waals surface area contributed by atoms with E-state index in [2.05, 4.69) is 88.4 Å². The van der Waals surface area contributed by atoms with Crippen molar-refractivity contribution < 1.29 is 9.47 Å². The summed E-state index contributed by atoms with van der Waals surface area (Å²) >= 11 is 0. The molecule has 0 bridgehead atoms. The fraction of sp³-hybridized carbons (Fsp3) is 0.581. The highest BCUT2D eigenvalue weighted by molar-refractivity contribution is 5.90.